The van der Waals surface area contributed by atoms with Gasteiger partial charge in [0.2, 0.25) is 0 Å². The predicted molar refractivity (Wildman–Crippen MR) is 108 cm³/mol. The molecule has 2 aromatic carbocycles. The molecule has 0 aromatic heterocycles. The Labute approximate surface area is 161 Å². The first-order chi connectivity index (χ1) is 12.5. The number of hydrogen-bond donors (Lipinski definition) is 1. The monoisotopic (exact) mass is 383 g/mol. The van der Waals surface area contributed by atoms with Crippen molar-refractivity contribution in [2.45, 2.75) is 19.4 Å². The van der Waals surface area contributed by atoms with E-state index in [4.69, 9.17) is 12.2 Å². The summed E-state index contributed by atoms with van der Waals surface area (Å²) in [5.41, 5.74) is 2.80. The second-order valence-electron chi connectivity index (χ2n) is 5.99. The third-order valence-corrected chi connectivity index (χ3v) is 5.39. The first-order valence-corrected chi connectivity index (χ1v) is 9.28. The lowest BCUT2D eigenvalue weighted by Gasteiger charge is -2.26. The van der Waals surface area contributed by atoms with Crippen LogP contribution in [0.2, 0.25) is 0 Å². The van der Waals surface area contributed by atoms with E-state index in [1.165, 1.54) is 16.7 Å². The van der Waals surface area contributed by atoms with Crippen LogP contribution in [0, 0.1) is 6.92 Å². The Morgan fingerprint density at radius 2 is 1.85 bits per heavy atom. The number of aryl methyl sites for hydroxylation is 1. The molecule has 1 aliphatic rings. The molecule has 6 heteroatoms. The van der Waals surface area contributed by atoms with Gasteiger partial charge in [-0.25, -0.2) is 0 Å². The minimum absolute atomic E-state index is 0.200. The molecule has 1 N–H and O–H groups in total. The Morgan fingerprint density at radius 3 is 2.46 bits per heavy atom. The number of carboxylic acids is 1. The molecule has 3 rings (SSSR count). The van der Waals surface area contributed by atoms with Gasteiger partial charge in [-0.15, -0.1) is 0 Å². The largest absolute Gasteiger partial charge is 0.481 e. The zero-order valence-electron chi connectivity index (χ0n) is 14.1. The molecule has 1 fully saturated rings. The summed E-state index contributed by atoms with van der Waals surface area (Å²) in [6.45, 7) is 2.00. The molecule has 0 saturated carbocycles. The molecule has 0 radical (unpaired) electrons. The van der Waals surface area contributed by atoms with Crippen molar-refractivity contribution < 1.29 is 14.7 Å². The van der Waals surface area contributed by atoms with Crippen LogP contribution in [0.4, 0.5) is 0 Å². The highest BCUT2D eigenvalue weighted by atomic mass is 32.2. The topological polar surface area (TPSA) is 57.6 Å². The molecular formula is C20H17NO3S2. The summed E-state index contributed by atoms with van der Waals surface area (Å²) in [5.74, 6) is -1.23. The highest BCUT2D eigenvalue weighted by molar-refractivity contribution is 8.26. The van der Waals surface area contributed by atoms with Crippen LogP contribution in [-0.2, 0) is 9.59 Å². The van der Waals surface area contributed by atoms with Gasteiger partial charge in [0.1, 0.15) is 4.32 Å². The van der Waals surface area contributed by atoms with Crippen molar-refractivity contribution in [3.63, 3.8) is 0 Å². The molecule has 1 heterocycles. The van der Waals surface area contributed by atoms with E-state index in [1.54, 1.807) is 6.08 Å². The maximum atomic E-state index is 12.9. The molecule has 0 spiro atoms. The van der Waals surface area contributed by atoms with Crippen LogP contribution in [0.5, 0.6) is 0 Å². The fourth-order valence-electron chi connectivity index (χ4n) is 2.76. The zero-order valence-corrected chi connectivity index (χ0v) is 15.7. The number of benzene rings is 2. The molecule has 1 aliphatic heterocycles. The van der Waals surface area contributed by atoms with Gasteiger partial charge < -0.3 is 5.11 Å². The van der Waals surface area contributed by atoms with Gasteiger partial charge in [-0.2, -0.15) is 0 Å². The molecule has 1 amide bonds. The molecule has 2 aromatic rings. The number of hydrogen-bond acceptors (Lipinski definition) is 4. The number of aliphatic carboxylic acids is 1. The van der Waals surface area contributed by atoms with Crippen LogP contribution < -0.4 is 0 Å². The summed E-state index contributed by atoms with van der Waals surface area (Å²) in [5, 5.41) is 9.30. The van der Waals surface area contributed by atoms with Crippen molar-refractivity contribution in [3.8, 4) is 0 Å². The lowest BCUT2D eigenvalue weighted by Crippen LogP contribution is -2.34. The molecular weight excluding hydrogens is 366 g/mol. The van der Waals surface area contributed by atoms with Gasteiger partial charge in [-0.3, -0.25) is 14.5 Å². The molecule has 4 nitrogen and oxygen atoms in total. The standard InChI is InChI=1S/C20H17NO3S2/c1-13-7-9-14(10-8-13)11-17-19(24)21(20(25)26-17)16(12-18(22)23)15-5-3-2-4-6-15/h2-11,16H,12H2,1H3,(H,22,23)/b17-11-. The average molecular weight is 383 g/mol. The summed E-state index contributed by atoms with van der Waals surface area (Å²) in [6.07, 6.45) is 1.59. The van der Waals surface area contributed by atoms with Gasteiger partial charge in [-0.05, 0) is 24.1 Å². The van der Waals surface area contributed by atoms with Crippen molar-refractivity contribution in [1.29, 1.82) is 0 Å². The number of amides is 1. The highest BCUT2D eigenvalue weighted by Gasteiger charge is 2.38. The quantitative estimate of drug-likeness (QED) is 0.612. The molecule has 26 heavy (non-hydrogen) atoms. The van der Waals surface area contributed by atoms with E-state index in [-0.39, 0.29) is 12.3 Å². The number of thiocarbonyl (C=S) groups is 1. The SMILES string of the molecule is Cc1ccc(/C=C2\SC(=S)N(C(CC(=O)O)c3ccccc3)C2=O)cc1. The molecule has 132 valence electrons. The molecule has 1 atom stereocenters. The Bertz CT molecular complexity index is 876. The lowest BCUT2D eigenvalue weighted by atomic mass is 10.0. The van der Waals surface area contributed by atoms with E-state index >= 15 is 0 Å². The summed E-state index contributed by atoms with van der Waals surface area (Å²) < 4.78 is 0.378. The summed E-state index contributed by atoms with van der Waals surface area (Å²) in [6, 6.07) is 16.3. The van der Waals surface area contributed by atoms with Gasteiger partial charge in [-0.1, -0.05) is 84.1 Å². The number of nitrogens with zero attached hydrogens (tertiary/aromatic N) is 1. The Hall–Kier alpha value is -2.44. The first kappa shape index (κ1) is 18.4. The Balaban J connectivity index is 1.93. The minimum atomic E-state index is -0.976. The summed E-state index contributed by atoms with van der Waals surface area (Å²) in [4.78, 5) is 26.2. The summed E-state index contributed by atoms with van der Waals surface area (Å²) >= 11 is 6.60. The van der Waals surface area contributed by atoms with Crippen LogP contribution in [0.1, 0.15) is 29.2 Å². The van der Waals surface area contributed by atoms with Gasteiger partial charge in [0.15, 0.2) is 0 Å². The van der Waals surface area contributed by atoms with Crippen molar-refractivity contribution in [3.05, 3.63) is 76.2 Å². The number of carbonyl (C=O) groups excluding carboxylic acids is 1. The van der Waals surface area contributed by atoms with Crippen LogP contribution in [0.3, 0.4) is 0 Å². The zero-order chi connectivity index (χ0) is 18.7. The maximum absolute atomic E-state index is 12.9. The molecule has 0 aliphatic carbocycles. The van der Waals surface area contributed by atoms with Crippen LogP contribution >= 0.6 is 24.0 Å². The van der Waals surface area contributed by atoms with E-state index in [0.29, 0.717) is 9.23 Å². The molecule has 1 saturated heterocycles. The first-order valence-electron chi connectivity index (χ1n) is 8.06. The van der Waals surface area contributed by atoms with Gasteiger partial charge in [0, 0.05) is 0 Å². The van der Waals surface area contributed by atoms with E-state index in [1.807, 2.05) is 61.5 Å². The number of thioether (sulfide) groups is 1. The van der Waals surface area contributed by atoms with Crippen LogP contribution in [-0.4, -0.2) is 26.2 Å². The summed E-state index contributed by atoms with van der Waals surface area (Å²) in [7, 11) is 0. The van der Waals surface area contributed by atoms with Gasteiger partial charge in [0.05, 0.1) is 17.4 Å². The normalized spacial score (nSPS) is 17.0. The Morgan fingerprint density at radius 1 is 1.19 bits per heavy atom. The fourth-order valence-corrected chi connectivity index (χ4v) is 4.12. The van der Waals surface area contributed by atoms with Gasteiger partial charge >= 0.3 is 5.97 Å². The van der Waals surface area contributed by atoms with Crippen molar-refractivity contribution >= 4 is 46.3 Å². The van der Waals surface area contributed by atoms with Crippen LogP contribution in [0.15, 0.2) is 59.5 Å². The van der Waals surface area contributed by atoms with E-state index in [9.17, 15) is 14.7 Å². The number of carbonyl (C=O) groups is 2. The predicted octanol–water partition coefficient (Wildman–Crippen LogP) is 4.41. The third-order valence-electron chi connectivity index (χ3n) is 4.06. The lowest BCUT2D eigenvalue weighted by molar-refractivity contribution is -0.138. The fraction of sp³-hybridized carbons (Fsp3) is 0.150. The van der Waals surface area contributed by atoms with E-state index in [0.717, 1.165) is 16.7 Å². The van der Waals surface area contributed by atoms with Gasteiger partial charge in [0.25, 0.3) is 5.91 Å². The molecule has 0 bridgehead atoms. The smallest absolute Gasteiger partial charge is 0.305 e. The number of rotatable bonds is 5. The third kappa shape index (κ3) is 4.03. The molecule has 1 unspecified atom stereocenters. The van der Waals surface area contributed by atoms with Crippen molar-refractivity contribution in [2.75, 3.05) is 0 Å². The van der Waals surface area contributed by atoms with E-state index in [2.05, 4.69) is 0 Å². The average Bonchev–Trinajstić information content (AvgIpc) is 2.89. The number of carboxylic acid groups (broad SMARTS) is 1. The maximum Gasteiger partial charge on any atom is 0.305 e. The van der Waals surface area contributed by atoms with Crippen molar-refractivity contribution in [2.24, 2.45) is 0 Å². The highest BCUT2D eigenvalue weighted by Crippen LogP contribution is 2.39. The minimum Gasteiger partial charge on any atom is -0.481 e. The van der Waals surface area contributed by atoms with Crippen molar-refractivity contribution in [1.82, 2.24) is 4.90 Å². The Kier molecular flexibility index (Phi) is 5.54. The van der Waals surface area contributed by atoms with Crippen LogP contribution in [0.25, 0.3) is 6.08 Å². The van der Waals surface area contributed by atoms with E-state index < -0.39 is 12.0 Å². The second kappa shape index (κ2) is 7.85. The second-order valence-corrected chi connectivity index (χ2v) is 7.66.